The van der Waals surface area contributed by atoms with Gasteiger partial charge in [-0.2, -0.15) is 0 Å². The average molecular weight is 269 g/mol. The van der Waals surface area contributed by atoms with Crippen molar-refractivity contribution < 1.29 is 22.8 Å². The molecule has 0 fully saturated rings. The minimum absolute atomic E-state index is 0.283. The Hall–Kier alpha value is -0.403. The molecule has 0 spiro atoms. The Morgan fingerprint density at radius 2 is 1.81 bits per heavy atom. The molecule has 16 heavy (non-hydrogen) atoms. The van der Waals surface area contributed by atoms with Crippen LogP contribution in [-0.2, 0) is 22.8 Å². The number of carbonyl (C=O) groups excluding carboxylic acids is 1. The number of esters is 1. The lowest BCUT2D eigenvalue weighted by atomic mass is 10.5. The molecule has 5 nitrogen and oxygen atoms in total. The molecule has 0 heterocycles. The minimum Gasteiger partial charge on any atom is -0.463 e. The Kier molecular flexibility index (Phi) is 8.50. The summed E-state index contributed by atoms with van der Waals surface area (Å²) in [5, 5.41) is 0. The van der Waals surface area contributed by atoms with Crippen molar-refractivity contribution in [3.8, 4) is 0 Å². The average Bonchev–Trinajstić information content (AvgIpc) is 2.31. The molecular weight excluding hydrogens is 252 g/mol. The van der Waals surface area contributed by atoms with Crippen molar-refractivity contribution in [2.24, 2.45) is 0 Å². The van der Waals surface area contributed by atoms with Gasteiger partial charge in [-0.05, 0) is 6.42 Å². The molecule has 0 aromatic rings. The predicted molar refractivity (Wildman–Crippen MR) is 62.2 cm³/mol. The highest BCUT2D eigenvalue weighted by Crippen LogP contribution is 2.14. The van der Waals surface area contributed by atoms with Crippen molar-refractivity contribution in [1.29, 1.82) is 0 Å². The van der Waals surface area contributed by atoms with Crippen LogP contribution >= 0.6 is 11.6 Å². The first-order valence-corrected chi connectivity index (χ1v) is 7.10. The molecule has 0 saturated heterocycles. The summed E-state index contributed by atoms with van der Waals surface area (Å²) in [5.41, 5.74) is 1.11. The van der Waals surface area contributed by atoms with Gasteiger partial charge in [0.1, 0.15) is 0 Å². The van der Waals surface area contributed by atoms with Gasteiger partial charge < -0.3 is 18.0 Å². The molecule has 0 aliphatic carbocycles. The Labute approximate surface area is 102 Å². The van der Waals surface area contributed by atoms with Crippen LogP contribution in [0.25, 0.3) is 0 Å². The Morgan fingerprint density at radius 3 is 2.25 bits per heavy atom. The molecule has 7 heteroatoms. The maximum absolute atomic E-state index is 10.9. The summed E-state index contributed by atoms with van der Waals surface area (Å²) >= 11 is 5.21. The van der Waals surface area contributed by atoms with Crippen LogP contribution in [-0.4, -0.2) is 42.7 Å². The Morgan fingerprint density at radius 1 is 1.25 bits per heavy atom. The summed E-state index contributed by atoms with van der Waals surface area (Å²) in [6.07, 6.45) is 1.76. The van der Waals surface area contributed by atoms with Crippen LogP contribution in [0.1, 0.15) is 6.42 Å². The van der Waals surface area contributed by atoms with Gasteiger partial charge >= 0.3 is 14.8 Å². The number of carbonyl (C=O) groups is 1. The van der Waals surface area contributed by atoms with E-state index in [1.54, 1.807) is 21.3 Å². The van der Waals surface area contributed by atoms with Crippen LogP contribution in [0.5, 0.6) is 0 Å². The second-order valence-corrected chi connectivity index (χ2v) is 6.20. The fraction of sp³-hybridized carbons (Fsp3) is 0.667. The lowest BCUT2D eigenvalue weighted by Gasteiger charge is -2.23. The van der Waals surface area contributed by atoms with Crippen molar-refractivity contribution in [2.75, 3.05) is 27.9 Å². The summed E-state index contributed by atoms with van der Waals surface area (Å²) in [4.78, 5) is 10.9. The zero-order valence-electron chi connectivity index (χ0n) is 9.70. The molecule has 0 aliphatic heterocycles. The highest BCUT2D eigenvalue weighted by Gasteiger charge is 2.36. The van der Waals surface area contributed by atoms with Gasteiger partial charge in [0.2, 0.25) is 0 Å². The third-order valence-corrected chi connectivity index (χ3v) is 4.96. The van der Waals surface area contributed by atoms with Crippen molar-refractivity contribution in [3.63, 3.8) is 0 Å². The maximum atomic E-state index is 10.9. The summed E-state index contributed by atoms with van der Waals surface area (Å²) in [6.45, 7) is 0.283. The highest BCUT2D eigenvalue weighted by molar-refractivity contribution is 6.60. The van der Waals surface area contributed by atoms with E-state index in [-0.39, 0.29) is 6.61 Å². The van der Waals surface area contributed by atoms with Crippen molar-refractivity contribution >= 4 is 26.4 Å². The van der Waals surface area contributed by atoms with Gasteiger partial charge in [0.25, 0.3) is 0 Å². The van der Waals surface area contributed by atoms with Crippen LogP contribution in [0.3, 0.4) is 0 Å². The van der Waals surface area contributed by atoms with Gasteiger partial charge in [-0.15, -0.1) is 0 Å². The van der Waals surface area contributed by atoms with Crippen molar-refractivity contribution in [1.82, 2.24) is 0 Å². The first kappa shape index (κ1) is 15.6. The van der Waals surface area contributed by atoms with E-state index in [0.717, 1.165) is 11.6 Å². The third kappa shape index (κ3) is 5.62. The van der Waals surface area contributed by atoms with Gasteiger partial charge in [-0.3, -0.25) is 0 Å². The van der Waals surface area contributed by atoms with Gasteiger partial charge in [0.15, 0.2) is 0 Å². The molecule has 0 aromatic carbocycles. The topological polar surface area (TPSA) is 54.0 Å². The van der Waals surface area contributed by atoms with Crippen molar-refractivity contribution in [3.05, 3.63) is 11.6 Å². The van der Waals surface area contributed by atoms with Crippen molar-refractivity contribution in [2.45, 2.75) is 12.5 Å². The molecule has 0 N–H and O–H groups in total. The fourth-order valence-corrected chi connectivity index (χ4v) is 2.91. The van der Waals surface area contributed by atoms with E-state index in [0.29, 0.717) is 12.5 Å². The first-order valence-electron chi connectivity index (χ1n) is 4.73. The zero-order valence-corrected chi connectivity index (χ0v) is 11.5. The Bertz CT molecular complexity index is 222. The van der Waals surface area contributed by atoms with E-state index in [2.05, 4.69) is 0 Å². The fourth-order valence-electron chi connectivity index (χ4n) is 1.12. The van der Waals surface area contributed by atoms with Gasteiger partial charge in [0.05, 0.1) is 6.61 Å². The number of rotatable bonds is 8. The van der Waals surface area contributed by atoms with Crippen LogP contribution in [0.15, 0.2) is 11.6 Å². The summed E-state index contributed by atoms with van der Waals surface area (Å²) in [6, 6.07) is 0.592. The molecule has 0 bridgehead atoms. The largest absolute Gasteiger partial charge is 0.500 e. The summed E-state index contributed by atoms with van der Waals surface area (Å²) in [7, 11) is 2.09. The summed E-state index contributed by atoms with van der Waals surface area (Å²) < 4.78 is 20.5. The van der Waals surface area contributed by atoms with E-state index in [1.807, 2.05) is 0 Å². The number of hydrogen-bond donors (Lipinski definition) is 0. The number of hydrogen-bond acceptors (Lipinski definition) is 5. The van der Waals surface area contributed by atoms with Crippen LogP contribution in [0.2, 0.25) is 6.04 Å². The quantitative estimate of drug-likeness (QED) is 0.289. The highest BCUT2D eigenvalue weighted by atomic mass is 35.5. The van der Waals surface area contributed by atoms with E-state index in [9.17, 15) is 4.79 Å². The second-order valence-electron chi connectivity index (χ2n) is 2.86. The normalized spacial score (nSPS) is 12.0. The zero-order chi connectivity index (χ0) is 12.4. The smallest absolute Gasteiger partial charge is 0.463 e. The van der Waals surface area contributed by atoms with Crippen LogP contribution < -0.4 is 0 Å². The third-order valence-electron chi connectivity index (χ3n) is 2.00. The predicted octanol–water partition coefficient (Wildman–Crippen LogP) is 1.55. The molecule has 0 atom stereocenters. The molecule has 0 saturated carbocycles. The standard InChI is InChI=1S/C9H17ClO5Si/c1-12-16(13-2,14-3)8-4-7-15-9(11)5-6-10/h5-6H,4,7-8H2,1-3H3. The van der Waals surface area contributed by atoms with E-state index in [1.165, 1.54) is 0 Å². The van der Waals surface area contributed by atoms with E-state index < -0.39 is 14.8 Å². The SMILES string of the molecule is CO[Si](CCCOC(=O)C=CCl)(OC)OC. The molecule has 0 aromatic heterocycles. The van der Waals surface area contributed by atoms with Crippen LogP contribution in [0.4, 0.5) is 0 Å². The number of halogens is 1. The summed E-state index contributed by atoms with van der Waals surface area (Å²) in [5.74, 6) is -0.463. The van der Waals surface area contributed by atoms with E-state index in [4.69, 9.17) is 29.6 Å². The molecular formula is C9H17ClO5Si. The lowest BCUT2D eigenvalue weighted by molar-refractivity contribution is -0.137. The molecule has 0 amide bonds. The van der Waals surface area contributed by atoms with Crippen LogP contribution in [0, 0.1) is 0 Å². The molecule has 0 radical (unpaired) electrons. The van der Waals surface area contributed by atoms with Gasteiger partial charge in [0, 0.05) is 39.0 Å². The minimum atomic E-state index is -2.54. The molecule has 0 unspecified atom stereocenters. The first-order chi connectivity index (χ1) is 7.64. The Balaban J connectivity index is 3.83. The molecule has 0 aliphatic rings. The van der Waals surface area contributed by atoms with Gasteiger partial charge in [-0.1, -0.05) is 11.6 Å². The monoisotopic (exact) mass is 268 g/mol. The second kappa shape index (κ2) is 8.71. The van der Waals surface area contributed by atoms with E-state index >= 15 is 0 Å². The molecule has 0 rings (SSSR count). The van der Waals surface area contributed by atoms with Gasteiger partial charge in [-0.25, -0.2) is 4.79 Å². The maximum Gasteiger partial charge on any atom is 0.500 e. The lowest BCUT2D eigenvalue weighted by Crippen LogP contribution is -2.42. The molecule has 94 valence electrons. The number of ether oxygens (including phenoxy) is 1.